The lowest BCUT2D eigenvalue weighted by Crippen LogP contribution is -2.48. The molecule has 0 unspecified atom stereocenters. The van der Waals surface area contributed by atoms with Crippen molar-refractivity contribution < 1.29 is 33.6 Å². The summed E-state index contributed by atoms with van der Waals surface area (Å²) < 4.78 is 45.2. The van der Waals surface area contributed by atoms with E-state index in [1.807, 2.05) is 20.8 Å². The quantitative estimate of drug-likeness (QED) is 0.163. The van der Waals surface area contributed by atoms with Crippen molar-refractivity contribution in [1.82, 2.24) is 0 Å². The van der Waals surface area contributed by atoms with E-state index in [0.717, 1.165) is 85.4 Å². The normalized spacial score (nSPS) is 49.9. The molecule has 0 saturated heterocycles. The molecular weight excluding hydrogens is 994 g/mol. The van der Waals surface area contributed by atoms with E-state index in [4.69, 9.17) is 0 Å². The van der Waals surface area contributed by atoms with Crippen molar-refractivity contribution >= 4 is 15.9 Å². The summed E-state index contributed by atoms with van der Waals surface area (Å²) in [6.45, 7) is 27.9. The first-order chi connectivity index (χ1) is 34.8. The van der Waals surface area contributed by atoms with E-state index < -0.39 is 16.8 Å². The van der Waals surface area contributed by atoms with Crippen LogP contribution >= 0.6 is 15.9 Å². The number of hydrogen-bond donors (Lipinski definition) is 4. The second-order valence-corrected chi connectivity index (χ2v) is 30.2. The molecule has 0 aliphatic heterocycles. The van der Waals surface area contributed by atoms with Crippen LogP contribution in [-0.4, -0.2) is 49.2 Å². The van der Waals surface area contributed by atoms with Gasteiger partial charge < -0.3 is 20.4 Å². The Kier molecular flexibility index (Phi) is 15.3. The van der Waals surface area contributed by atoms with E-state index in [2.05, 4.69) is 63.4 Å². The van der Waals surface area contributed by atoms with Crippen LogP contribution in [0.1, 0.15) is 203 Å². The Morgan fingerprint density at radius 2 is 0.770 bits per heavy atom. The number of aliphatic hydroxyl groups is 4. The fourth-order valence-corrected chi connectivity index (χ4v) is 22.2. The minimum atomic E-state index is -0.726. The van der Waals surface area contributed by atoms with Crippen LogP contribution < -0.4 is 0 Å². The van der Waals surface area contributed by atoms with Crippen molar-refractivity contribution in [3.05, 3.63) is 70.7 Å². The van der Waals surface area contributed by atoms with E-state index in [-0.39, 0.29) is 29.5 Å². The van der Waals surface area contributed by atoms with Crippen molar-refractivity contribution in [1.29, 1.82) is 0 Å². The molecule has 0 aromatic carbocycles. The van der Waals surface area contributed by atoms with Gasteiger partial charge in [-0.25, -0.2) is 13.2 Å². The van der Waals surface area contributed by atoms with Crippen LogP contribution in [0.5, 0.6) is 0 Å². The Morgan fingerprint density at radius 1 is 0.459 bits per heavy atom. The number of fused-ring (bicyclic) bond motifs is 15. The lowest BCUT2D eigenvalue weighted by Gasteiger charge is -2.54. The van der Waals surface area contributed by atoms with Crippen molar-refractivity contribution in [3.8, 4) is 0 Å². The zero-order valence-electron chi connectivity index (χ0n) is 47.0. The highest BCUT2D eigenvalue weighted by atomic mass is 79.9. The van der Waals surface area contributed by atoms with E-state index in [0.29, 0.717) is 138 Å². The predicted octanol–water partition coefficient (Wildman–Crippen LogP) is 16.7. The van der Waals surface area contributed by atoms with Gasteiger partial charge in [0.2, 0.25) is 0 Å². The average molecular weight is 1090 g/mol. The maximum atomic E-state index is 15.1. The Balaban J connectivity index is 0.000000127. The fraction of sp³-hybridized carbons (Fsp3) is 0.818. The van der Waals surface area contributed by atoms with Gasteiger partial charge in [-0.3, -0.25) is 0 Å². The first-order valence-corrected chi connectivity index (χ1v) is 31.4. The zero-order chi connectivity index (χ0) is 53.2. The van der Waals surface area contributed by atoms with Gasteiger partial charge in [0, 0.05) is 24.6 Å². The number of halogens is 4. The van der Waals surface area contributed by atoms with Crippen LogP contribution in [0.15, 0.2) is 70.7 Å². The molecule has 21 atom stereocenters. The van der Waals surface area contributed by atoms with Crippen molar-refractivity contribution in [2.75, 3.05) is 11.9 Å². The summed E-state index contributed by atoms with van der Waals surface area (Å²) in [7, 11) is 0. The third kappa shape index (κ3) is 9.60. The number of allylic oxidation sites excluding steroid dienone is 5. The second kappa shape index (κ2) is 20.3. The molecular formula is C66H98BrF3O4. The number of alkyl halides is 1. The highest BCUT2D eigenvalue weighted by molar-refractivity contribution is 9.09. The molecule has 12 aliphatic carbocycles. The summed E-state index contributed by atoms with van der Waals surface area (Å²) in [4.78, 5) is 0. The summed E-state index contributed by atoms with van der Waals surface area (Å²) in [5.74, 6) is 8.28. The molecule has 414 valence electrons. The first-order valence-electron chi connectivity index (χ1n) is 30.2. The van der Waals surface area contributed by atoms with Crippen LogP contribution in [0, 0.1) is 105 Å². The standard InChI is InChI=1S/C22H32BrFO.C22H33FO2.C22H33FO/c1-13(12-23)18-4-5-19-16-10-20(24)17-11-21(2,25)8-6-15(17)14(16)7-9-22(18,19)3;1-13(12-24)18-4-5-19-16-10-20(23)17-11-21(2,25)8-6-15(17)14(16)7-9-22(18,19)3;1-13(2)18-5-6-19-16-11-20(23)17-12-21(3,24)9-7-15(17)14(16)8-10-22(18,19)4/h14-16,18-19,25H,1,4-12H2,2-3H3;14-16,18-19,24-25H,1,4-12H2,2-3H3;14-16,18-19,24H,1,5-12H2,2-4H3/t3*14-,15-,16-,18-,19+,21-,22-/m111/s1. The van der Waals surface area contributed by atoms with Gasteiger partial charge in [0.1, 0.15) is 0 Å². The predicted molar refractivity (Wildman–Crippen MR) is 298 cm³/mol. The molecule has 12 aliphatic rings. The molecule has 9 fully saturated rings. The topological polar surface area (TPSA) is 80.9 Å². The van der Waals surface area contributed by atoms with Gasteiger partial charge in [-0.1, -0.05) is 67.6 Å². The summed E-state index contributed by atoms with van der Waals surface area (Å²) >= 11 is 3.61. The second-order valence-electron chi connectivity index (χ2n) is 29.6. The summed E-state index contributed by atoms with van der Waals surface area (Å²) in [5.41, 5.74) is 5.24. The summed E-state index contributed by atoms with van der Waals surface area (Å²) in [6, 6.07) is 0. The molecule has 74 heavy (non-hydrogen) atoms. The SMILES string of the molecule is C=C(C)[C@H]1CC[C@H]2[C@@H]3CC(F)=C4C[C@](C)(O)CC[C@@H]4[C@H]3CC[C@]12C.C=C(CBr)[C@H]1CC[C@H]2[C@@H]3CC(F)=C4C[C@](C)(O)CC[C@@H]4[C@H]3CC[C@]12C.C=C(CO)[C@H]1CC[C@H]2[C@@H]3CC(F)=C4C[C@](C)(O)CC[C@@H]4[C@H]3CC[C@]12C. The fourth-order valence-electron chi connectivity index (χ4n) is 21.8. The minimum absolute atomic E-state index is 0.0805. The van der Waals surface area contributed by atoms with Gasteiger partial charge in [-0.05, 0) is 290 Å². The lowest BCUT2D eigenvalue weighted by molar-refractivity contribution is -0.0357. The molecule has 0 bridgehead atoms. The Hall–Kier alpha value is -1.45. The highest BCUT2D eigenvalue weighted by Crippen LogP contribution is 2.69. The average Bonchev–Trinajstić information content (AvgIpc) is 4.01. The Labute approximate surface area is 454 Å². The first kappa shape index (κ1) is 55.8. The van der Waals surface area contributed by atoms with E-state index in [1.54, 1.807) is 0 Å². The molecule has 0 aromatic heterocycles. The molecule has 4 nitrogen and oxygen atoms in total. The molecule has 0 spiro atoms. The third-order valence-corrected chi connectivity index (χ3v) is 26.0. The molecule has 9 saturated carbocycles. The minimum Gasteiger partial charge on any atom is -0.392 e. The number of hydrogen-bond acceptors (Lipinski definition) is 4. The Morgan fingerprint density at radius 3 is 1.08 bits per heavy atom. The van der Waals surface area contributed by atoms with Gasteiger partial charge in [-0.2, -0.15) is 0 Å². The van der Waals surface area contributed by atoms with Crippen LogP contribution in [0.4, 0.5) is 13.2 Å². The van der Waals surface area contributed by atoms with Crippen LogP contribution in [-0.2, 0) is 0 Å². The largest absolute Gasteiger partial charge is 0.392 e. The molecule has 0 aromatic rings. The smallest absolute Gasteiger partial charge is 0.0998 e. The van der Waals surface area contributed by atoms with Crippen LogP contribution in [0.25, 0.3) is 0 Å². The third-order valence-electron chi connectivity index (χ3n) is 25.3. The molecule has 8 heteroatoms. The maximum Gasteiger partial charge on any atom is 0.0998 e. The van der Waals surface area contributed by atoms with Gasteiger partial charge in [0.05, 0.1) is 40.9 Å². The van der Waals surface area contributed by atoms with E-state index >= 15 is 13.2 Å². The zero-order valence-corrected chi connectivity index (χ0v) is 48.6. The monoisotopic (exact) mass is 1090 g/mol. The molecule has 0 radical (unpaired) electrons. The maximum absolute atomic E-state index is 15.1. The number of rotatable bonds is 5. The summed E-state index contributed by atoms with van der Waals surface area (Å²) in [5, 5.41) is 41.7. The van der Waals surface area contributed by atoms with Gasteiger partial charge in [0.15, 0.2) is 0 Å². The lowest BCUT2D eigenvalue weighted by atomic mass is 9.51. The van der Waals surface area contributed by atoms with Gasteiger partial charge in [0.25, 0.3) is 0 Å². The summed E-state index contributed by atoms with van der Waals surface area (Å²) in [6.07, 6.45) is 23.4. The Bertz CT molecular complexity index is 2200. The molecule has 0 heterocycles. The van der Waals surface area contributed by atoms with Crippen LogP contribution in [0.2, 0.25) is 0 Å². The van der Waals surface area contributed by atoms with E-state index in [9.17, 15) is 20.4 Å². The van der Waals surface area contributed by atoms with Gasteiger partial charge >= 0.3 is 0 Å². The number of aliphatic hydroxyl groups excluding tert-OH is 1. The van der Waals surface area contributed by atoms with Crippen molar-refractivity contribution in [3.63, 3.8) is 0 Å². The van der Waals surface area contributed by atoms with Crippen molar-refractivity contribution in [2.45, 2.75) is 219 Å². The molecule has 12 rings (SSSR count). The molecule has 4 N–H and O–H groups in total. The van der Waals surface area contributed by atoms with Crippen LogP contribution in [0.3, 0.4) is 0 Å². The van der Waals surface area contributed by atoms with E-state index in [1.165, 1.54) is 68.9 Å². The highest BCUT2D eigenvalue weighted by Gasteiger charge is 2.61. The van der Waals surface area contributed by atoms with Crippen molar-refractivity contribution in [2.24, 2.45) is 105 Å². The molecule has 0 amide bonds. The van der Waals surface area contributed by atoms with Gasteiger partial charge in [-0.15, -0.1) is 0 Å².